The third-order valence-corrected chi connectivity index (χ3v) is 2.81. The van der Waals surface area contributed by atoms with Gasteiger partial charge in [-0.25, -0.2) is 0 Å². The minimum atomic E-state index is -0.428. The highest BCUT2D eigenvalue weighted by atomic mass is 35.5. The van der Waals surface area contributed by atoms with E-state index in [2.05, 4.69) is 14.1 Å². The van der Waals surface area contributed by atoms with Crippen molar-refractivity contribution in [3.8, 4) is 0 Å². The molecule has 1 aromatic heterocycles. The van der Waals surface area contributed by atoms with Crippen molar-refractivity contribution >= 4 is 40.0 Å². The second kappa shape index (κ2) is 4.30. The summed E-state index contributed by atoms with van der Waals surface area (Å²) in [4.78, 5) is 0. The van der Waals surface area contributed by atoms with Crippen LogP contribution in [-0.2, 0) is 0 Å². The van der Waals surface area contributed by atoms with Crippen LogP contribution in [0.4, 0.5) is 5.69 Å². The Morgan fingerprint density at radius 3 is 3.07 bits per heavy atom. The van der Waals surface area contributed by atoms with E-state index in [9.17, 15) is 5.11 Å². The Bertz CT molecular complexity index is 471. The standard InChI is InChI=1S/C9H10ClN3OS/c1-5(14)4-11-8-6(10)2-3-7-9(8)13-15-12-7/h2-3,5,11,14H,4H2,1H3/t5-/m0/s1. The topological polar surface area (TPSA) is 58.0 Å². The van der Waals surface area contributed by atoms with Crippen molar-refractivity contribution in [2.24, 2.45) is 0 Å². The van der Waals surface area contributed by atoms with Crippen LogP contribution in [0.5, 0.6) is 0 Å². The molecule has 0 fully saturated rings. The average molecular weight is 244 g/mol. The molecular formula is C9H10ClN3OS. The predicted molar refractivity (Wildman–Crippen MR) is 62.6 cm³/mol. The first-order valence-corrected chi connectivity index (χ1v) is 5.62. The smallest absolute Gasteiger partial charge is 0.129 e. The Morgan fingerprint density at radius 1 is 1.53 bits per heavy atom. The third-order valence-electron chi connectivity index (χ3n) is 1.95. The van der Waals surface area contributed by atoms with Crippen molar-refractivity contribution in [2.75, 3.05) is 11.9 Å². The van der Waals surface area contributed by atoms with Crippen LogP contribution in [-0.4, -0.2) is 26.5 Å². The number of aliphatic hydroxyl groups is 1. The number of halogens is 1. The summed E-state index contributed by atoms with van der Waals surface area (Å²) in [5.41, 5.74) is 2.31. The van der Waals surface area contributed by atoms with E-state index in [4.69, 9.17) is 11.6 Å². The molecule has 6 heteroatoms. The van der Waals surface area contributed by atoms with Gasteiger partial charge in [0.05, 0.1) is 28.5 Å². The van der Waals surface area contributed by atoms with Crippen molar-refractivity contribution in [2.45, 2.75) is 13.0 Å². The normalized spacial score (nSPS) is 13.0. The summed E-state index contributed by atoms with van der Waals surface area (Å²) in [6.45, 7) is 2.15. The third kappa shape index (κ3) is 2.19. The monoisotopic (exact) mass is 243 g/mol. The predicted octanol–water partition coefficient (Wildman–Crippen LogP) is 2.14. The molecule has 0 spiro atoms. The maximum Gasteiger partial charge on any atom is 0.129 e. The van der Waals surface area contributed by atoms with Gasteiger partial charge in [-0.05, 0) is 19.1 Å². The number of aliphatic hydroxyl groups excluding tert-OH is 1. The van der Waals surface area contributed by atoms with Crippen LogP contribution in [0, 0.1) is 0 Å². The number of anilines is 1. The van der Waals surface area contributed by atoms with Crippen LogP contribution in [0.25, 0.3) is 11.0 Å². The lowest BCUT2D eigenvalue weighted by Gasteiger charge is -2.09. The van der Waals surface area contributed by atoms with Crippen LogP contribution in [0.2, 0.25) is 5.02 Å². The van der Waals surface area contributed by atoms with Gasteiger partial charge in [0.25, 0.3) is 0 Å². The summed E-state index contributed by atoms with van der Waals surface area (Å²) in [6.07, 6.45) is -0.428. The Hall–Kier alpha value is -0.910. The molecule has 0 saturated heterocycles. The highest BCUT2D eigenvalue weighted by Gasteiger charge is 2.09. The van der Waals surface area contributed by atoms with Gasteiger partial charge in [-0.1, -0.05) is 11.6 Å². The number of benzene rings is 1. The van der Waals surface area contributed by atoms with E-state index in [1.807, 2.05) is 6.07 Å². The van der Waals surface area contributed by atoms with Crippen molar-refractivity contribution in [3.63, 3.8) is 0 Å². The molecule has 0 bridgehead atoms. The molecule has 0 amide bonds. The summed E-state index contributed by atoms with van der Waals surface area (Å²) in [5.74, 6) is 0. The van der Waals surface area contributed by atoms with E-state index < -0.39 is 6.10 Å². The minimum Gasteiger partial charge on any atom is -0.392 e. The van der Waals surface area contributed by atoms with Crippen LogP contribution in [0.3, 0.4) is 0 Å². The van der Waals surface area contributed by atoms with Crippen molar-refractivity contribution in [1.29, 1.82) is 0 Å². The van der Waals surface area contributed by atoms with Gasteiger partial charge in [0, 0.05) is 6.54 Å². The molecule has 0 unspecified atom stereocenters. The van der Waals surface area contributed by atoms with Crippen molar-refractivity contribution < 1.29 is 5.11 Å². The molecular weight excluding hydrogens is 234 g/mol. The molecule has 1 heterocycles. The molecule has 1 atom stereocenters. The highest BCUT2D eigenvalue weighted by molar-refractivity contribution is 7.00. The van der Waals surface area contributed by atoms with Crippen LogP contribution < -0.4 is 5.32 Å². The number of aromatic nitrogens is 2. The molecule has 4 nitrogen and oxygen atoms in total. The molecule has 2 aromatic rings. The number of fused-ring (bicyclic) bond motifs is 1. The molecule has 0 aliphatic carbocycles. The molecule has 0 saturated carbocycles. The van der Waals surface area contributed by atoms with E-state index in [0.717, 1.165) is 28.4 Å². The van der Waals surface area contributed by atoms with Gasteiger partial charge >= 0.3 is 0 Å². The Balaban J connectivity index is 2.38. The van der Waals surface area contributed by atoms with Crippen LogP contribution in [0.1, 0.15) is 6.92 Å². The molecule has 1 aromatic carbocycles. The summed E-state index contributed by atoms with van der Waals surface area (Å²) < 4.78 is 8.28. The second-order valence-electron chi connectivity index (χ2n) is 3.28. The maximum absolute atomic E-state index is 9.19. The fraction of sp³-hybridized carbons (Fsp3) is 0.333. The summed E-state index contributed by atoms with van der Waals surface area (Å²) in [5, 5.41) is 12.8. The van der Waals surface area contributed by atoms with Gasteiger partial charge in [-0.15, -0.1) is 0 Å². The fourth-order valence-corrected chi connectivity index (χ4v) is 2.01. The number of nitrogens with one attached hydrogen (secondary N) is 1. The maximum atomic E-state index is 9.19. The fourth-order valence-electron chi connectivity index (χ4n) is 1.24. The number of rotatable bonds is 3. The SMILES string of the molecule is C[C@H](O)CNc1c(Cl)ccc2nsnc12. The van der Waals surface area contributed by atoms with Gasteiger partial charge in [-0.3, -0.25) is 0 Å². The van der Waals surface area contributed by atoms with Gasteiger partial charge in [0.1, 0.15) is 11.0 Å². The number of hydrogen-bond donors (Lipinski definition) is 2. The molecule has 0 aliphatic heterocycles. The van der Waals surface area contributed by atoms with Crippen molar-refractivity contribution in [1.82, 2.24) is 8.75 Å². The lowest BCUT2D eigenvalue weighted by atomic mass is 10.2. The summed E-state index contributed by atoms with van der Waals surface area (Å²) in [6, 6.07) is 3.60. The molecule has 80 valence electrons. The average Bonchev–Trinajstić information content (AvgIpc) is 2.63. The lowest BCUT2D eigenvalue weighted by Crippen LogP contribution is -2.15. The van der Waals surface area contributed by atoms with Crippen molar-refractivity contribution in [3.05, 3.63) is 17.2 Å². The molecule has 0 radical (unpaired) electrons. The number of nitrogens with zero attached hydrogens (tertiary/aromatic N) is 2. The first-order valence-electron chi connectivity index (χ1n) is 4.51. The number of hydrogen-bond acceptors (Lipinski definition) is 5. The minimum absolute atomic E-state index is 0.428. The largest absolute Gasteiger partial charge is 0.392 e. The lowest BCUT2D eigenvalue weighted by molar-refractivity contribution is 0.208. The Labute approximate surface area is 96.2 Å². The zero-order valence-electron chi connectivity index (χ0n) is 8.07. The summed E-state index contributed by atoms with van der Waals surface area (Å²) >= 11 is 7.19. The first kappa shape index (κ1) is 10.6. The summed E-state index contributed by atoms with van der Waals surface area (Å²) in [7, 11) is 0. The molecule has 2 N–H and O–H groups in total. The molecule has 15 heavy (non-hydrogen) atoms. The molecule has 0 aliphatic rings. The Kier molecular flexibility index (Phi) is 3.04. The zero-order valence-corrected chi connectivity index (χ0v) is 9.64. The van der Waals surface area contributed by atoms with Crippen LogP contribution >= 0.6 is 23.3 Å². The van der Waals surface area contributed by atoms with Gasteiger partial charge < -0.3 is 10.4 Å². The second-order valence-corrected chi connectivity index (χ2v) is 4.22. The Morgan fingerprint density at radius 2 is 2.33 bits per heavy atom. The van der Waals surface area contributed by atoms with Gasteiger partial charge in [-0.2, -0.15) is 8.75 Å². The van der Waals surface area contributed by atoms with Gasteiger partial charge in [0.15, 0.2) is 0 Å². The van der Waals surface area contributed by atoms with E-state index >= 15 is 0 Å². The van der Waals surface area contributed by atoms with Gasteiger partial charge in [0.2, 0.25) is 0 Å². The quantitative estimate of drug-likeness (QED) is 0.867. The van der Waals surface area contributed by atoms with Crippen LogP contribution in [0.15, 0.2) is 12.1 Å². The van der Waals surface area contributed by atoms with E-state index in [1.54, 1.807) is 13.0 Å². The van der Waals surface area contributed by atoms with E-state index in [-0.39, 0.29) is 0 Å². The first-order chi connectivity index (χ1) is 7.18. The van der Waals surface area contributed by atoms with E-state index in [1.165, 1.54) is 0 Å². The zero-order chi connectivity index (χ0) is 10.8. The highest BCUT2D eigenvalue weighted by Crippen LogP contribution is 2.29. The van der Waals surface area contributed by atoms with E-state index in [0.29, 0.717) is 11.6 Å². The molecule has 2 rings (SSSR count).